The van der Waals surface area contributed by atoms with Gasteiger partial charge in [-0.05, 0) is 27.7 Å². The predicted molar refractivity (Wildman–Crippen MR) is 54.4 cm³/mol. The van der Waals surface area contributed by atoms with Crippen molar-refractivity contribution in [3.63, 3.8) is 0 Å². The number of carboxylic acid groups (broad SMARTS) is 1. The summed E-state index contributed by atoms with van der Waals surface area (Å²) in [5.41, 5.74) is 4.74. The average Bonchev–Trinajstić information content (AvgIpc) is 1.95. The largest absolute Gasteiger partial charge is 0.480 e. The number of amides is 1. The van der Waals surface area contributed by atoms with Crippen molar-refractivity contribution >= 4 is 12.1 Å². The van der Waals surface area contributed by atoms with Crippen LogP contribution in [-0.4, -0.2) is 34.9 Å². The molecule has 0 bridgehead atoms. The molecule has 0 aromatic carbocycles. The first kappa shape index (κ1) is 13.7. The smallest absolute Gasteiger partial charge is 0.408 e. The van der Waals surface area contributed by atoms with Crippen molar-refractivity contribution in [2.45, 2.75) is 45.4 Å². The monoisotopic (exact) mass is 218 g/mol. The van der Waals surface area contributed by atoms with Gasteiger partial charge in [-0.1, -0.05) is 0 Å². The second-order valence-electron chi connectivity index (χ2n) is 4.32. The third-order valence-electron chi connectivity index (χ3n) is 1.46. The van der Waals surface area contributed by atoms with E-state index in [0.29, 0.717) is 0 Å². The van der Waals surface area contributed by atoms with Crippen LogP contribution >= 0.6 is 0 Å². The van der Waals surface area contributed by atoms with Crippen LogP contribution in [0.25, 0.3) is 0 Å². The molecule has 0 heterocycles. The topological polar surface area (TPSA) is 102 Å². The third-order valence-corrected chi connectivity index (χ3v) is 1.46. The number of rotatable bonds is 3. The van der Waals surface area contributed by atoms with E-state index >= 15 is 0 Å². The van der Waals surface area contributed by atoms with Crippen molar-refractivity contribution < 1.29 is 19.4 Å². The molecular weight excluding hydrogens is 200 g/mol. The summed E-state index contributed by atoms with van der Waals surface area (Å²) in [5.74, 6) is -1.18. The van der Waals surface area contributed by atoms with Crippen LogP contribution in [0.1, 0.15) is 27.7 Å². The highest BCUT2D eigenvalue weighted by atomic mass is 16.6. The van der Waals surface area contributed by atoms with Crippen LogP contribution in [0.15, 0.2) is 0 Å². The fourth-order valence-electron chi connectivity index (χ4n) is 0.853. The highest BCUT2D eigenvalue weighted by molar-refractivity contribution is 5.80. The molecule has 0 saturated carbocycles. The normalized spacial score (nSPS) is 15.3. The number of nitrogens with one attached hydrogen (secondary N) is 1. The number of alkyl carbamates (subject to hydrolysis) is 1. The van der Waals surface area contributed by atoms with Crippen molar-refractivity contribution in [1.82, 2.24) is 5.32 Å². The fraction of sp³-hybridized carbons (Fsp3) is 0.778. The number of carbonyl (C=O) groups is 2. The van der Waals surface area contributed by atoms with Gasteiger partial charge >= 0.3 is 12.1 Å². The summed E-state index contributed by atoms with van der Waals surface area (Å²) in [6.07, 6.45) is -0.785. The average molecular weight is 218 g/mol. The molecule has 1 amide bonds. The van der Waals surface area contributed by atoms with Gasteiger partial charge in [0.2, 0.25) is 0 Å². The molecule has 0 aliphatic heterocycles. The summed E-state index contributed by atoms with van der Waals surface area (Å²) in [6, 6.07) is -1.82. The van der Waals surface area contributed by atoms with E-state index in [1.807, 2.05) is 0 Å². The van der Waals surface area contributed by atoms with E-state index in [-0.39, 0.29) is 0 Å². The van der Waals surface area contributed by atoms with E-state index in [1.54, 1.807) is 20.8 Å². The Bertz CT molecular complexity index is 245. The summed E-state index contributed by atoms with van der Waals surface area (Å²) in [5, 5.41) is 10.9. The van der Waals surface area contributed by atoms with Crippen LogP contribution < -0.4 is 11.1 Å². The molecule has 0 rings (SSSR count). The Kier molecular flexibility index (Phi) is 4.54. The van der Waals surface area contributed by atoms with Crippen molar-refractivity contribution in [3.05, 3.63) is 0 Å². The lowest BCUT2D eigenvalue weighted by molar-refractivity contribution is -0.139. The molecule has 6 nitrogen and oxygen atoms in total. The molecule has 0 saturated heterocycles. The highest BCUT2D eigenvalue weighted by Gasteiger charge is 2.26. The van der Waals surface area contributed by atoms with E-state index in [1.165, 1.54) is 6.92 Å². The van der Waals surface area contributed by atoms with Crippen molar-refractivity contribution in [1.29, 1.82) is 0 Å². The van der Waals surface area contributed by atoms with Gasteiger partial charge in [-0.2, -0.15) is 0 Å². The first-order valence-corrected chi connectivity index (χ1v) is 4.61. The molecule has 0 aromatic heterocycles. The lowest BCUT2D eigenvalue weighted by atomic mass is 10.1. The first-order chi connectivity index (χ1) is 6.63. The van der Waals surface area contributed by atoms with Gasteiger partial charge in [0.1, 0.15) is 11.6 Å². The van der Waals surface area contributed by atoms with Crippen LogP contribution in [0.2, 0.25) is 0 Å². The van der Waals surface area contributed by atoms with E-state index < -0.39 is 29.7 Å². The lowest BCUT2D eigenvalue weighted by Crippen LogP contribution is -2.52. The molecule has 0 aliphatic carbocycles. The number of carboxylic acids is 1. The molecule has 4 N–H and O–H groups in total. The highest BCUT2D eigenvalue weighted by Crippen LogP contribution is 2.07. The van der Waals surface area contributed by atoms with Crippen LogP contribution in [0, 0.1) is 0 Å². The maximum atomic E-state index is 11.2. The standard InChI is InChI=1S/C9H18N2O4/c1-5(10)6(7(12)13)11-8(14)15-9(2,3)4/h5-6H,10H2,1-4H3,(H,11,14)(H,12,13)/t5-,6+/m1/s1. The minimum absolute atomic E-state index is 0.662. The quantitative estimate of drug-likeness (QED) is 0.632. The Balaban J connectivity index is 4.31. The van der Waals surface area contributed by atoms with Gasteiger partial charge in [-0.15, -0.1) is 0 Å². The van der Waals surface area contributed by atoms with E-state index in [4.69, 9.17) is 15.6 Å². The predicted octanol–water partition coefficient (Wildman–Crippen LogP) is 0.312. The molecule has 0 fully saturated rings. The Morgan fingerprint density at radius 1 is 1.40 bits per heavy atom. The summed E-state index contributed by atoms with van der Waals surface area (Å²) in [7, 11) is 0. The number of carbonyl (C=O) groups excluding carboxylic acids is 1. The number of nitrogens with two attached hydrogens (primary N) is 1. The molecule has 0 unspecified atom stereocenters. The van der Waals surface area contributed by atoms with Gasteiger partial charge in [0.05, 0.1) is 0 Å². The summed E-state index contributed by atoms with van der Waals surface area (Å²) < 4.78 is 4.90. The summed E-state index contributed by atoms with van der Waals surface area (Å²) in [4.78, 5) is 21.9. The number of hydrogen-bond acceptors (Lipinski definition) is 4. The van der Waals surface area contributed by atoms with Gasteiger partial charge in [-0.3, -0.25) is 0 Å². The van der Waals surface area contributed by atoms with Gasteiger partial charge in [0.15, 0.2) is 0 Å². The Labute approximate surface area is 88.8 Å². The van der Waals surface area contributed by atoms with Gasteiger partial charge in [0.25, 0.3) is 0 Å². The number of ether oxygens (including phenoxy) is 1. The van der Waals surface area contributed by atoms with E-state index in [9.17, 15) is 9.59 Å². The van der Waals surface area contributed by atoms with Gasteiger partial charge < -0.3 is 20.9 Å². The Hall–Kier alpha value is -1.30. The van der Waals surface area contributed by atoms with Gasteiger partial charge in [-0.25, -0.2) is 9.59 Å². The molecular formula is C9H18N2O4. The molecule has 0 aliphatic rings. The SMILES string of the molecule is C[C@@H](N)[C@H](NC(=O)OC(C)(C)C)C(=O)O. The number of aliphatic carboxylic acids is 1. The zero-order valence-corrected chi connectivity index (χ0v) is 9.40. The second-order valence-corrected chi connectivity index (χ2v) is 4.32. The lowest BCUT2D eigenvalue weighted by Gasteiger charge is -2.23. The first-order valence-electron chi connectivity index (χ1n) is 4.61. The zero-order valence-electron chi connectivity index (χ0n) is 9.40. The Morgan fingerprint density at radius 2 is 1.87 bits per heavy atom. The third kappa shape index (κ3) is 5.90. The molecule has 0 radical (unpaired) electrons. The zero-order chi connectivity index (χ0) is 12.2. The van der Waals surface area contributed by atoms with E-state index in [2.05, 4.69) is 5.32 Å². The second kappa shape index (κ2) is 4.97. The maximum absolute atomic E-state index is 11.2. The van der Waals surface area contributed by atoms with Crippen molar-refractivity contribution in [2.75, 3.05) is 0 Å². The molecule has 6 heteroatoms. The van der Waals surface area contributed by atoms with Crippen LogP contribution in [0.5, 0.6) is 0 Å². The van der Waals surface area contributed by atoms with Crippen molar-refractivity contribution in [3.8, 4) is 0 Å². The van der Waals surface area contributed by atoms with Gasteiger partial charge in [0, 0.05) is 6.04 Å². The van der Waals surface area contributed by atoms with Crippen LogP contribution in [0.4, 0.5) is 4.79 Å². The van der Waals surface area contributed by atoms with Crippen LogP contribution in [-0.2, 0) is 9.53 Å². The van der Waals surface area contributed by atoms with Crippen LogP contribution in [0.3, 0.4) is 0 Å². The minimum Gasteiger partial charge on any atom is -0.480 e. The van der Waals surface area contributed by atoms with E-state index in [0.717, 1.165) is 0 Å². The minimum atomic E-state index is -1.18. The summed E-state index contributed by atoms with van der Waals surface area (Å²) in [6.45, 7) is 6.56. The molecule has 88 valence electrons. The van der Waals surface area contributed by atoms with Crippen molar-refractivity contribution in [2.24, 2.45) is 5.73 Å². The molecule has 0 aromatic rings. The number of hydrogen-bond donors (Lipinski definition) is 3. The molecule has 2 atom stereocenters. The maximum Gasteiger partial charge on any atom is 0.408 e. The molecule has 15 heavy (non-hydrogen) atoms. The summed E-state index contributed by atoms with van der Waals surface area (Å²) >= 11 is 0. The molecule has 0 spiro atoms. The fourth-order valence-corrected chi connectivity index (χ4v) is 0.853. The Morgan fingerprint density at radius 3 is 2.13 bits per heavy atom.